The maximum atomic E-state index is 13.4. The Labute approximate surface area is 236 Å². The lowest BCUT2D eigenvalue weighted by Gasteiger charge is -2.23. The lowest BCUT2D eigenvalue weighted by Crippen LogP contribution is -2.29. The van der Waals surface area contributed by atoms with Crippen LogP contribution in [0.3, 0.4) is 0 Å². The number of benzene rings is 3. The summed E-state index contributed by atoms with van der Waals surface area (Å²) < 4.78 is 19.4. The van der Waals surface area contributed by atoms with Gasteiger partial charge in [0.2, 0.25) is 5.13 Å². The summed E-state index contributed by atoms with van der Waals surface area (Å²) in [5, 5.41) is 20.3. The van der Waals surface area contributed by atoms with Crippen molar-refractivity contribution in [2.45, 2.75) is 23.1 Å². The van der Waals surface area contributed by atoms with Crippen molar-refractivity contribution < 1.29 is 23.8 Å². The maximum absolute atomic E-state index is 13.4. The number of rotatable bonds is 8. The molecule has 1 N–H and O–H groups in total. The molecule has 1 saturated heterocycles. The molecule has 1 unspecified atom stereocenters. The van der Waals surface area contributed by atoms with Crippen LogP contribution in [-0.2, 0) is 15.3 Å². The van der Waals surface area contributed by atoms with Crippen LogP contribution >= 0.6 is 34.7 Å². The zero-order valence-electron chi connectivity index (χ0n) is 20.5. The number of carbonyl (C=O) groups excluding carboxylic acids is 2. The molecule has 11 heteroatoms. The fourth-order valence-electron chi connectivity index (χ4n) is 4.13. The fourth-order valence-corrected chi connectivity index (χ4v) is 6.08. The number of hydrogen-bond acceptors (Lipinski definition) is 8. The van der Waals surface area contributed by atoms with Gasteiger partial charge in [-0.1, -0.05) is 59.0 Å². The van der Waals surface area contributed by atoms with Gasteiger partial charge in [0.05, 0.1) is 18.2 Å². The van der Waals surface area contributed by atoms with Crippen LogP contribution in [0.4, 0.5) is 9.52 Å². The fraction of sp³-hybridized carbons (Fsp3) is 0.143. The topological polar surface area (TPSA) is 92.6 Å². The summed E-state index contributed by atoms with van der Waals surface area (Å²) in [6.45, 7) is 2.28. The maximum Gasteiger partial charge on any atom is 0.301 e. The summed E-state index contributed by atoms with van der Waals surface area (Å²) >= 11 is 8.53. The van der Waals surface area contributed by atoms with Crippen LogP contribution < -0.4 is 9.64 Å². The van der Waals surface area contributed by atoms with Crippen molar-refractivity contribution >= 4 is 57.3 Å². The van der Waals surface area contributed by atoms with Crippen molar-refractivity contribution in [3.8, 4) is 5.75 Å². The molecule has 0 radical (unpaired) electrons. The van der Waals surface area contributed by atoms with Crippen molar-refractivity contribution in [2.75, 3.05) is 11.5 Å². The van der Waals surface area contributed by atoms with Crippen molar-refractivity contribution in [1.82, 2.24) is 10.2 Å². The summed E-state index contributed by atoms with van der Waals surface area (Å²) in [6, 6.07) is 18.5. The number of Topliss-reactive ketones (excluding diaryl/α,β-unsaturated/α-hetero) is 1. The molecule has 2 heterocycles. The largest absolute Gasteiger partial charge is 0.507 e. The molecular weight excluding hydrogens is 561 g/mol. The lowest BCUT2D eigenvalue weighted by molar-refractivity contribution is -0.132. The monoisotopic (exact) mass is 581 g/mol. The van der Waals surface area contributed by atoms with Gasteiger partial charge in [-0.3, -0.25) is 14.5 Å². The Bertz CT molecular complexity index is 1560. The van der Waals surface area contributed by atoms with Crippen molar-refractivity contribution in [2.24, 2.45) is 0 Å². The van der Waals surface area contributed by atoms with Gasteiger partial charge in [0.1, 0.15) is 17.3 Å². The highest BCUT2D eigenvalue weighted by atomic mass is 35.5. The Morgan fingerprint density at radius 2 is 1.85 bits per heavy atom. The molecule has 1 fully saturated rings. The van der Waals surface area contributed by atoms with E-state index in [9.17, 15) is 19.1 Å². The van der Waals surface area contributed by atoms with E-state index in [4.69, 9.17) is 16.3 Å². The smallest absolute Gasteiger partial charge is 0.301 e. The van der Waals surface area contributed by atoms with Crippen LogP contribution in [0.5, 0.6) is 5.75 Å². The number of aromatic nitrogens is 2. The number of ketones is 1. The zero-order valence-corrected chi connectivity index (χ0v) is 22.9. The summed E-state index contributed by atoms with van der Waals surface area (Å²) in [7, 11) is 0. The molecule has 1 amide bonds. The van der Waals surface area contributed by atoms with Gasteiger partial charge >= 0.3 is 5.91 Å². The van der Waals surface area contributed by atoms with Gasteiger partial charge in [0, 0.05) is 16.3 Å². The van der Waals surface area contributed by atoms with E-state index >= 15 is 0 Å². The van der Waals surface area contributed by atoms with Crippen LogP contribution in [0.15, 0.2) is 82.7 Å². The highest BCUT2D eigenvalue weighted by Crippen LogP contribution is 2.44. The van der Waals surface area contributed by atoms with E-state index in [0.29, 0.717) is 38.6 Å². The Morgan fingerprint density at radius 1 is 1.10 bits per heavy atom. The molecule has 0 saturated carbocycles. The lowest BCUT2D eigenvalue weighted by atomic mass is 9.95. The van der Waals surface area contributed by atoms with Crippen molar-refractivity contribution in [3.63, 3.8) is 0 Å². The molecule has 7 nitrogen and oxygen atoms in total. The van der Waals surface area contributed by atoms with Gasteiger partial charge in [0.15, 0.2) is 4.34 Å². The number of ether oxygens (including phenoxy) is 1. The highest BCUT2D eigenvalue weighted by molar-refractivity contribution is 8.00. The molecule has 198 valence electrons. The standard InChI is InChI=1S/C28H21ClFN3O4S2/c1-2-37-21-5-3-4-18(14-21)23-22(24(34)17-8-10-19(29)11-9-17)25(35)26(36)33(23)27-31-32-28(39-27)38-15-16-6-12-20(30)13-7-16/h3-14,23,34H,2,15H2,1H3/b24-22+. The number of aliphatic hydroxyl groups excluding tert-OH is 1. The third-order valence-corrected chi connectivity index (χ3v) is 8.30. The average Bonchev–Trinajstić information content (AvgIpc) is 3.51. The van der Waals surface area contributed by atoms with Crippen LogP contribution in [0.25, 0.3) is 5.76 Å². The van der Waals surface area contributed by atoms with Gasteiger partial charge in [-0.2, -0.15) is 0 Å². The number of anilines is 1. The van der Waals surface area contributed by atoms with Gasteiger partial charge in [-0.05, 0) is 66.6 Å². The second-order valence-corrected chi connectivity index (χ2v) is 11.1. The van der Waals surface area contributed by atoms with E-state index in [1.807, 2.05) is 6.92 Å². The van der Waals surface area contributed by atoms with E-state index in [1.165, 1.54) is 28.8 Å². The number of carbonyl (C=O) groups is 2. The SMILES string of the molecule is CCOc1cccc(C2/C(=C(\O)c3ccc(Cl)cc3)C(=O)C(=O)N2c2nnc(SCc3ccc(F)cc3)s2)c1. The first-order valence-electron chi connectivity index (χ1n) is 11.9. The predicted molar refractivity (Wildman–Crippen MR) is 150 cm³/mol. The third kappa shape index (κ3) is 5.68. The molecule has 0 aliphatic carbocycles. The Morgan fingerprint density at radius 3 is 2.56 bits per heavy atom. The molecule has 3 aromatic carbocycles. The summed E-state index contributed by atoms with van der Waals surface area (Å²) in [5.41, 5.74) is 1.73. The van der Waals surface area contributed by atoms with Crippen LogP contribution in [0.1, 0.15) is 29.7 Å². The summed E-state index contributed by atoms with van der Waals surface area (Å²) in [6.07, 6.45) is 0. The first-order chi connectivity index (χ1) is 18.9. The van der Waals surface area contributed by atoms with Gasteiger partial charge < -0.3 is 9.84 Å². The zero-order chi connectivity index (χ0) is 27.5. The first-order valence-corrected chi connectivity index (χ1v) is 14.0. The molecule has 0 spiro atoms. The first kappa shape index (κ1) is 26.9. The quantitative estimate of drug-likeness (QED) is 0.0819. The van der Waals surface area contributed by atoms with Crippen LogP contribution in [-0.4, -0.2) is 33.6 Å². The highest BCUT2D eigenvalue weighted by Gasteiger charge is 2.48. The average molecular weight is 582 g/mol. The minimum absolute atomic E-state index is 0.0771. The Hall–Kier alpha value is -3.73. The second-order valence-electron chi connectivity index (χ2n) is 8.45. The van der Waals surface area contributed by atoms with E-state index in [1.54, 1.807) is 60.7 Å². The minimum atomic E-state index is -0.969. The van der Waals surface area contributed by atoms with E-state index in [0.717, 1.165) is 16.9 Å². The Balaban J connectivity index is 1.54. The van der Waals surface area contributed by atoms with Crippen molar-refractivity contribution in [3.05, 3.63) is 106 Å². The van der Waals surface area contributed by atoms with Gasteiger partial charge in [0.25, 0.3) is 5.78 Å². The van der Waals surface area contributed by atoms with E-state index in [2.05, 4.69) is 10.2 Å². The Kier molecular flexibility index (Phi) is 7.97. The number of halogens is 2. The molecule has 1 atom stereocenters. The number of aliphatic hydroxyl groups is 1. The molecule has 5 rings (SSSR count). The number of amides is 1. The summed E-state index contributed by atoms with van der Waals surface area (Å²) in [4.78, 5) is 28.0. The van der Waals surface area contributed by atoms with Crippen molar-refractivity contribution in [1.29, 1.82) is 0 Å². The molecule has 1 aliphatic heterocycles. The molecule has 1 aliphatic rings. The van der Waals surface area contributed by atoms with E-state index < -0.39 is 17.7 Å². The summed E-state index contributed by atoms with van der Waals surface area (Å²) in [5.74, 6) is -1.24. The van der Waals surface area contributed by atoms with E-state index in [-0.39, 0.29) is 22.3 Å². The van der Waals surface area contributed by atoms with Gasteiger partial charge in [-0.15, -0.1) is 10.2 Å². The number of hydrogen-bond donors (Lipinski definition) is 1. The van der Waals surface area contributed by atoms with Crippen LogP contribution in [0.2, 0.25) is 5.02 Å². The normalized spacial score (nSPS) is 16.6. The van der Waals surface area contributed by atoms with Crippen LogP contribution in [0, 0.1) is 5.82 Å². The molecule has 1 aromatic heterocycles. The minimum Gasteiger partial charge on any atom is -0.507 e. The molecule has 39 heavy (non-hydrogen) atoms. The predicted octanol–water partition coefficient (Wildman–Crippen LogP) is 6.65. The number of thioether (sulfide) groups is 1. The molecular formula is C28H21ClFN3O4S2. The molecule has 4 aromatic rings. The third-order valence-electron chi connectivity index (χ3n) is 5.92. The number of nitrogens with zero attached hydrogens (tertiary/aromatic N) is 3. The van der Waals surface area contributed by atoms with Gasteiger partial charge in [-0.25, -0.2) is 4.39 Å². The second kappa shape index (κ2) is 11.6. The molecule has 0 bridgehead atoms.